The molecule has 2 unspecified atom stereocenters. The van der Waals surface area contributed by atoms with Crippen LogP contribution in [0.3, 0.4) is 0 Å². The van der Waals surface area contributed by atoms with E-state index in [-0.39, 0.29) is 26.4 Å². The van der Waals surface area contributed by atoms with Crippen molar-refractivity contribution in [1.29, 1.82) is 0 Å². The van der Waals surface area contributed by atoms with Crippen LogP contribution in [-0.4, -0.2) is 73.7 Å². The Labute approximate surface area is 176 Å². The molecule has 0 fully saturated rings. The third-order valence-corrected chi connectivity index (χ3v) is 3.97. The van der Waals surface area contributed by atoms with Crippen LogP contribution in [0.4, 0.5) is 0 Å². The van der Waals surface area contributed by atoms with Gasteiger partial charge in [-0.15, -0.1) is 0 Å². The first-order chi connectivity index (χ1) is 14.2. The molecule has 0 saturated carbocycles. The molecule has 30 heavy (non-hydrogen) atoms. The Morgan fingerprint density at radius 1 is 0.633 bits per heavy atom. The van der Waals surface area contributed by atoms with E-state index < -0.39 is 46.9 Å². The summed E-state index contributed by atoms with van der Waals surface area (Å²) < 4.78 is 20.3. The molecule has 0 aliphatic carbocycles. The van der Waals surface area contributed by atoms with E-state index in [9.17, 15) is 29.4 Å². The maximum Gasteiger partial charge on any atom is 0.333 e. The summed E-state index contributed by atoms with van der Waals surface area (Å²) in [4.78, 5) is 47.9. The van der Waals surface area contributed by atoms with Crippen molar-refractivity contribution < 1.29 is 48.3 Å². The molecule has 0 aromatic carbocycles. The van der Waals surface area contributed by atoms with E-state index >= 15 is 0 Å². The minimum Gasteiger partial charge on any atom is -0.478 e. The maximum absolute atomic E-state index is 12.2. The van der Waals surface area contributed by atoms with E-state index in [0.717, 1.165) is 12.8 Å². The Morgan fingerprint density at radius 2 is 0.967 bits per heavy atom. The van der Waals surface area contributed by atoms with Crippen molar-refractivity contribution in [3.05, 3.63) is 11.1 Å². The first-order valence-corrected chi connectivity index (χ1v) is 9.88. The van der Waals surface area contributed by atoms with Crippen LogP contribution in [0.2, 0.25) is 0 Å². The van der Waals surface area contributed by atoms with Crippen molar-refractivity contribution in [2.45, 2.75) is 40.5 Å². The molecule has 0 aromatic rings. The van der Waals surface area contributed by atoms with Gasteiger partial charge in [-0.05, 0) is 26.7 Å². The van der Waals surface area contributed by atoms with Crippen LogP contribution in [0.15, 0.2) is 11.1 Å². The van der Waals surface area contributed by atoms with E-state index in [4.69, 9.17) is 18.9 Å². The lowest BCUT2D eigenvalue weighted by Crippen LogP contribution is -2.30. The Kier molecular flexibility index (Phi) is 14.1. The fourth-order valence-electron chi connectivity index (χ4n) is 2.45. The van der Waals surface area contributed by atoms with Gasteiger partial charge < -0.3 is 29.2 Å². The number of carboxylic acid groups (broad SMARTS) is 2. The molecule has 0 heterocycles. The number of carbonyl (C=O) groups is 4. The van der Waals surface area contributed by atoms with Crippen molar-refractivity contribution >= 4 is 23.9 Å². The summed E-state index contributed by atoms with van der Waals surface area (Å²) in [7, 11) is 0. The topological polar surface area (TPSA) is 146 Å². The quantitative estimate of drug-likeness (QED) is 0.210. The normalized spacial score (nSPS) is 13.7. The number of ether oxygens (including phenoxy) is 4. The standard InChI is InChI=1S/C20H32O10/c1-5-7-27-9-11-29-19(25)13(3)15(17(21)22)16(18(23)24)14(4)20(26)30-12-10-28-8-6-2/h13-14H,5-12H2,1-4H3,(H,21,22)(H,23,24)/b16-15+. The average molecular weight is 432 g/mol. The predicted molar refractivity (Wildman–Crippen MR) is 105 cm³/mol. The summed E-state index contributed by atoms with van der Waals surface area (Å²) in [6, 6.07) is 0. The molecule has 0 aliphatic rings. The Balaban J connectivity index is 5.33. The van der Waals surface area contributed by atoms with Gasteiger partial charge >= 0.3 is 23.9 Å². The maximum atomic E-state index is 12.2. The van der Waals surface area contributed by atoms with Gasteiger partial charge in [0.05, 0.1) is 36.2 Å². The van der Waals surface area contributed by atoms with Gasteiger partial charge in [-0.2, -0.15) is 0 Å². The second-order valence-corrected chi connectivity index (χ2v) is 6.44. The van der Waals surface area contributed by atoms with Gasteiger partial charge in [0.15, 0.2) is 0 Å². The molecule has 0 rings (SSSR count). The van der Waals surface area contributed by atoms with Crippen LogP contribution in [-0.2, 0) is 38.1 Å². The molecule has 2 N–H and O–H groups in total. The van der Waals surface area contributed by atoms with Gasteiger partial charge in [-0.25, -0.2) is 9.59 Å². The summed E-state index contributed by atoms with van der Waals surface area (Å²) in [5.74, 6) is -7.96. The number of esters is 2. The smallest absolute Gasteiger partial charge is 0.333 e. The van der Waals surface area contributed by atoms with Gasteiger partial charge in [0, 0.05) is 13.2 Å². The number of rotatable bonds is 16. The fourth-order valence-corrected chi connectivity index (χ4v) is 2.45. The van der Waals surface area contributed by atoms with Crippen molar-refractivity contribution in [3.8, 4) is 0 Å². The van der Waals surface area contributed by atoms with Crippen LogP contribution in [0.25, 0.3) is 0 Å². The summed E-state index contributed by atoms with van der Waals surface area (Å²) in [6.45, 7) is 7.27. The van der Waals surface area contributed by atoms with Crippen LogP contribution >= 0.6 is 0 Å². The van der Waals surface area contributed by atoms with E-state index in [2.05, 4.69) is 0 Å². The van der Waals surface area contributed by atoms with Crippen LogP contribution in [0, 0.1) is 11.8 Å². The second kappa shape index (κ2) is 15.4. The highest BCUT2D eigenvalue weighted by Crippen LogP contribution is 2.25. The molecule has 0 bridgehead atoms. The summed E-state index contributed by atoms with van der Waals surface area (Å²) in [6.07, 6.45) is 1.58. The second-order valence-electron chi connectivity index (χ2n) is 6.44. The van der Waals surface area contributed by atoms with Gasteiger partial charge in [-0.1, -0.05) is 13.8 Å². The molecule has 0 amide bonds. The number of carboxylic acids is 2. The van der Waals surface area contributed by atoms with Crippen molar-refractivity contribution in [2.75, 3.05) is 39.6 Å². The first kappa shape index (κ1) is 27.5. The third-order valence-electron chi connectivity index (χ3n) is 3.97. The zero-order chi connectivity index (χ0) is 23.1. The lowest BCUT2D eigenvalue weighted by molar-refractivity contribution is -0.152. The van der Waals surface area contributed by atoms with Crippen molar-refractivity contribution in [2.24, 2.45) is 11.8 Å². The fraction of sp³-hybridized carbons (Fsp3) is 0.700. The Bertz CT molecular complexity index is 559. The molecule has 0 radical (unpaired) electrons. The highest BCUT2D eigenvalue weighted by Gasteiger charge is 2.36. The molecule has 0 spiro atoms. The average Bonchev–Trinajstić information content (AvgIpc) is 2.69. The molecule has 10 nitrogen and oxygen atoms in total. The Morgan fingerprint density at radius 3 is 1.23 bits per heavy atom. The zero-order valence-electron chi connectivity index (χ0n) is 18.0. The van der Waals surface area contributed by atoms with Crippen LogP contribution in [0.5, 0.6) is 0 Å². The summed E-state index contributed by atoms with van der Waals surface area (Å²) >= 11 is 0. The predicted octanol–water partition coefficient (Wildman–Crippen LogP) is 1.66. The molecular formula is C20H32O10. The summed E-state index contributed by atoms with van der Waals surface area (Å²) in [5.41, 5.74) is -1.46. The lowest BCUT2D eigenvalue weighted by Gasteiger charge is -2.19. The van der Waals surface area contributed by atoms with Crippen molar-refractivity contribution in [3.63, 3.8) is 0 Å². The molecular weight excluding hydrogens is 400 g/mol. The van der Waals surface area contributed by atoms with Gasteiger partial charge in [-0.3, -0.25) is 9.59 Å². The summed E-state index contributed by atoms with van der Waals surface area (Å²) in [5, 5.41) is 19.1. The minimum absolute atomic E-state index is 0.103. The van der Waals surface area contributed by atoms with Crippen molar-refractivity contribution in [1.82, 2.24) is 0 Å². The molecule has 0 aliphatic heterocycles. The highest BCUT2D eigenvalue weighted by atomic mass is 16.6. The Hall–Kier alpha value is -2.46. The van der Waals surface area contributed by atoms with E-state index in [1.807, 2.05) is 13.8 Å². The monoisotopic (exact) mass is 432 g/mol. The molecule has 172 valence electrons. The van der Waals surface area contributed by atoms with Gasteiger partial charge in [0.1, 0.15) is 13.2 Å². The number of hydrogen-bond donors (Lipinski definition) is 2. The molecule has 0 aromatic heterocycles. The van der Waals surface area contributed by atoms with Gasteiger partial charge in [0.2, 0.25) is 0 Å². The van der Waals surface area contributed by atoms with E-state index in [1.165, 1.54) is 13.8 Å². The largest absolute Gasteiger partial charge is 0.478 e. The lowest BCUT2D eigenvalue weighted by atomic mass is 9.88. The molecule has 10 heteroatoms. The number of carbonyl (C=O) groups excluding carboxylic acids is 2. The van der Waals surface area contributed by atoms with Gasteiger partial charge in [0.25, 0.3) is 0 Å². The zero-order valence-corrected chi connectivity index (χ0v) is 18.0. The minimum atomic E-state index is -1.63. The third kappa shape index (κ3) is 9.84. The molecule has 2 atom stereocenters. The van der Waals surface area contributed by atoms with Crippen LogP contribution in [0.1, 0.15) is 40.5 Å². The first-order valence-electron chi connectivity index (χ1n) is 9.88. The highest BCUT2D eigenvalue weighted by molar-refractivity contribution is 6.05. The SMILES string of the molecule is CCCOCCOC(=O)C(C)/C(C(=O)O)=C(\C(=O)O)C(C)C(=O)OCCOCCC. The number of hydrogen-bond acceptors (Lipinski definition) is 8. The van der Waals surface area contributed by atoms with E-state index in [1.54, 1.807) is 0 Å². The van der Waals surface area contributed by atoms with Crippen LogP contribution < -0.4 is 0 Å². The number of aliphatic carboxylic acids is 2. The van der Waals surface area contributed by atoms with E-state index in [0.29, 0.717) is 13.2 Å². The molecule has 0 saturated heterocycles.